The van der Waals surface area contributed by atoms with Crippen molar-refractivity contribution in [3.8, 4) is 11.1 Å². The van der Waals surface area contributed by atoms with Gasteiger partial charge in [-0.05, 0) is 166 Å². The molecular formula is C68H46N4S2. The molecule has 4 nitrogen and oxygen atoms in total. The first kappa shape index (κ1) is 43.8. The fraction of sp³-hybridized carbons (Fsp3) is 0. The molecule has 0 amide bonds. The highest BCUT2D eigenvalue weighted by atomic mass is 32.2. The van der Waals surface area contributed by atoms with Gasteiger partial charge in [0.2, 0.25) is 0 Å². The van der Waals surface area contributed by atoms with Gasteiger partial charge in [-0.3, -0.25) is 0 Å². The van der Waals surface area contributed by atoms with Crippen LogP contribution in [0.1, 0.15) is 0 Å². The summed E-state index contributed by atoms with van der Waals surface area (Å²) in [6, 6.07) is 101. The largest absolute Gasteiger partial charge is 0.310 e. The van der Waals surface area contributed by atoms with E-state index in [1.54, 1.807) is 0 Å². The SMILES string of the molecule is c1ccc(N2c3ccccc3Sc3cc(N(c4ccc(-c5ccc(N(c6ccc7c(c6)Sc6ccccc6N7c6ccccc6)c6ccc7ccccc7c6)cc5)cc4)c4ccc5ccccc5c4)ccc32)cc1. The molecule has 12 aromatic carbocycles. The zero-order valence-corrected chi connectivity index (χ0v) is 41.8. The number of anilines is 12. The molecule has 2 aliphatic heterocycles. The van der Waals surface area contributed by atoms with Crippen molar-refractivity contribution in [2.24, 2.45) is 0 Å². The Morgan fingerprint density at radius 1 is 0.230 bits per heavy atom. The average Bonchev–Trinajstić information content (AvgIpc) is 3.46. The monoisotopic (exact) mass is 982 g/mol. The van der Waals surface area contributed by atoms with Gasteiger partial charge in [-0.2, -0.15) is 0 Å². The van der Waals surface area contributed by atoms with E-state index < -0.39 is 0 Å². The summed E-state index contributed by atoms with van der Waals surface area (Å²) in [7, 11) is 0. The highest BCUT2D eigenvalue weighted by Crippen LogP contribution is 2.55. The van der Waals surface area contributed by atoms with Crippen molar-refractivity contribution in [2.45, 2.75) is 19.6 Å². The fourth-order valence-electron chi connectivity index (χ4n) is 10.6. The molecule has 0 radical (unpaired) electrons. The molecule has 6 heteroatoms. The summed E-state index contributed by atoms with van der Waals surface area (Å²) in [5.74, 6) is 0. The number of hydrogen-bond acceptors (Lipinski definition) is 6. The van der Waals surface area contributed by atoms with E-state index in [1.165, 1.54) is 63.9 Å². The Bertz CT molecular complexity index is 3780. The first-order chi connectivity index (χ1) is 36.7. The minimum atomic E-state index is 1.09. The number of nitrogens with zero attached hydrogens (tertiary/aromatic N) is 4. The normalized spacial score (nSPS) is 12.4. The molecule has 0 saturated carbocycles. The second-order valence-corrected chi connectivity index (χ2v) is 20.8. The van der Waals surface area contributed by atoms with E-state index in [0.29, 0.717) is 0 Å². The molecule has 350 valence electrons. The number of para-hydroxylation sites is 4. The Balaban J connectivity index is 0.826. The van der Waals surface area contributed by atoms with Crippen LogP contribution >= 0.6 is 23.5 Å². The first-order valence-corrected chi connectivity index (χ1v) is 26.6. The van der Waals surface area contributed by atoms with Crippen LogP contribution in [-0.4, -0.2) is 0 Å². The van der Waals surface area contributed by atoms with Gasteiger partial charge in [0.25, 0.3) is 0 Å². The van der Waals surface area contributed by atoms with E-state index in [2.05, 4.69) is 299 Å². The molecule has 0 N–H and O–H groups in total. The third-order valence-electron chi connectivity index (χ3n) is 14.1. The standard InChI is InChI=1S/C68H46N4S2/c1-3-19-53(20-4-1)71-61-23-11-13-25-65(61)73-67-45-59(39-41-63(67)71)69(57-37-31-47-15-7-9-17-51(47)43-57)55-33-27-49(28-34-55)50-29-35-56(36-30-50)70(58-38-32-48-16-8-10-18-52(48)44-58)60-40-42-64-68(46-60)74-66-26-14-12-24-62(66)72(64)54-21-5-2-6-22-54/h1-46H. The molecule has 0 aliphatic carbocycles. The van der Waals surface area contributed by atoms with Gasteiger partial charge in [-0.1, -0.05) is 169 Å². The van der Waals surface area contributed by atoms with Gasteiger partial charge in [-0.15, -0.1) is 0 Å². The molecule has 0 atom stereocenters. The Hall–Kier alpha value is -8.94. The minimum absolute atomic E-state index is 1.09. The van der Waals surface area contributed by atoms with Crippen molar-refractivity contribution in [2.75, 3.05) is 19.6 Å². The van der Waals surface area contributed by atoms with Crippen molar-refractivity contribution >= 4 is 113 Å². The lowest BCUT2D eigenvalue weighted by Gasteiger charge is -2.34. The molecule has 0 saturated heterocycles. The molecule has 12 aromatic rings. The van der Waals surface area contributed by atoms with Crippen molar-refractivity contribution in [3.63, 3.8) is 0 Å². The molecule has 0 fully saturated rings. The predicted molar refractivity (Wildman–Crippen MR) is 314 cm³/mol. The second-order valence-electron chi connectivity index (χ2n) is 18.6. The van der Waals surface area contributed by atoms with Crippen LogP contribution in [0.4, 0.5) is 68.2 Å². The van der Waals surface area contributed by atoms with Crippen LogP contribution in [0.3, 0.4) is 0 Å². The van der Waals surface area contributed by atoms with Crippen LogP contribution < -0.4 is 19.6 Å². The Morgan fingerprint density at radius 3 is 0.986 bits per heavy atom. The van der Waals surface area contributed by atoms with Gasteiger partial charge in [0.1, 0.15) is 0 Å². The lowest BCUT2D eigenvalue weighted by molar-refractivity contribution is 1.16. The quantitative estimate of drug-likeness (QED) is 0.142. The van der Waals surface area contributed by atoms with E-state index in [1.807, 2.05) is 23.5 Å². The van der Waals surface area contributed by atoms with Gasteiger partial charge in [0, 0.05) is 65.1 Å². The van der Waals surface area contributed by atoms with Crippen molar-refractivity contribution in [1.29, 1.82) is 0 Å². The maximum Gasteiger partial charge on any atom is 0.0603 e. The first-order valence-electron chi connectivity index (χ1n) is 25.0. The summed E-state index contributed by atoms with van der Waals surface area (Å²) < 4.78 is 0. The third-order valence-corrected chi connectivity index (χ3v) is 16.4. The van der Waals surface area contributed by atoms with Crippen LogP contribution in [-0.2, 0) is 0 Å². The van der Waals surface area contributed by atoms with Gasteiger partial charge >= 0.3 is 0 Å². The zero-order chi connectivity index (χ0) is 49.0. The van der Waals surface area contributed by atoms with E-state index in [0.717, 1.165) is 56.6 Å². The fourth-order valence-corrected chi connectivity index (χ4v) is 12.8. The molecule has 2 heterocycles. The molecule has 2 aliphatic rings. The van der Waals surface area contributed by atoms with E-state index in [9.17, 15) is 0 Å². The predicted octanol–water partition coefficient (Wildman–Crippen LogP) is 20.5. The number of fused-ring (bicyclic) bond motifs is 6. The summed E-state index contributed by atoms with van der Waals surface area (Å²) >= 11 is 3.67. The van der Waals surface area contributed by atoms with Gasteiger partial charge < -0.3 is 19.6 Å². The maximum absolute atomic E-state index is 2.39. The van der Waals surface area contributed by atoms with E-state index in [4.69, 9.17) is 0 Å². The highest BCUT2D eigenvalue weighted by Gasteiger charge is 2.28. The summed E-state index contributed by atoms with van der Waals surface area (Å²) in [6.45, 7) is 0. The van der Waals surface area contributed by atoms with Crippen LogP contribution in [0.5, 0.6) is 0 Å². The van der Waals surface area contributed by atoms with Crippen molar-refractivity contribution < 1.29 is 0 Å². The summed E-state index contributed by atoms with van der Waals surface area (Å²) in [5, 5.41) is 4.84. The van der Waals surface area contributed by atoms with Crippen LogP contribution in [0.15, 0.2) is 299 Å². The average molecular weight is 983 g/mol. The molecule has 0 aromatic heterocycles. The molecule has 14 rings (SSSR count). The van der Waals surface area contributed by atoms with Crippen LogP contribution in [0, 0.1) is 0 Å². The zero-order valence-electron chi connectivity index (χ0n) is 40.2. The summed E-state index contributed by atoms with van der Waals surface area (Å²) in [4.78, 5) is 14.4. The second kappa shape index (κ2) is 18.6. The Morgan fingerprint density at radius 2 is 0.554 bits per heavy atom. The van der Waals surface area contributed by atoms with Crippen LogP contribution in [0.2, 0.25) is 0 Å². The highest BCUT2D eigenvalue weighted by molar-refractivity contribution is 8.00. The molecule has 74 heavy (non-hydrogen) atoms. The number of rotatable bonds is 9. The summed E-state index contributed by atoms with van der Waals surface area (Å²) in [5.41, 5.74) is 15.9. The minimum Gasteiger partial charge on any atom is -0.310 e. The van der Waals surface area contributed by atoms with Crippen molar-refractivity contribution in [3.05, 3.63) is 279 Å². The van der Waals surface area contributed by atoms with Gasteiger partial charge in [0.15, 0.2) is 0 Å². The van der Waals surface area contributed by atoms with E-state index in [-0.39, 0.29) is 0 Å². The lowest BCUT2D eigenvalue weighted by Crippen LogP contribution is -2.16. The smallest absolute Gasteiger partial charge is 0.0603 e. The lowest BCUT2D eigenvalue weighted by atomic mass is 10.0. The molecular weight excluding hydrogens is 937 g/mol. The van der Waals surface area contributed by atoms with Gasteiger partial charge in [-0.25, -0.2) is 0 Å². The topological polar surface area (TPSA) is 13.0 Å². The maximum atomic E-state index is 2.39. The Labute approximate surface area is 440 Å². The number of hydrogen-bond donors (Lipinski definition) is 0. The summed E-state index contributed by atoms with van der Waals surface area (Å²) in [6.07, 6.45) is 0. The molecule has 0 unspecified atom stereocenters. The van der Waals surface area contributed by atoms with Crippen molar-refractivity contribution in [1.82, 2.24) is 0 Å². The third kappa shape index (κ3) is 7.93. The molecule has 0 bridgehead atoms. The van der Waals surface area contributed by atoms with Gasteiger partial charge in [0.05, 0.1) is 22.7 Å². The molecule has 0 spiro atoms. The Kier molecular flexibility index (Phi) is 11.0. The number of benzene rings is 12. The van der Waals surface area contributed by atoms with E-state index >= 15 is 0 Å². The van der Waals surface area contributed by atoms with Crippen LogP contribution in [0.25, 0.3) is 32.7 Å².